The number of rotatable bonds is 6. The predicted octanol–water partition coefficient (Wildman–Crippen LogP) is 3.31. The second-order valence-electron chi connectivity index (χ2n) is 7.43. The first-order chi connectivity index (χ1) is 16.5. The summed E-state index contributed by atoms with van der Waals surface area (Å²) in [6, 6.07) is 12.0. The van der Waals surface area contributed by atoms with Crippen molar-refractivity contribution >= 4 is 26.9 Å². The smallest absolute Gasteiger partial charge is 0.416 e. The predicted molar refractivity (Wildman–Crippen MR) is 126 cm³/mol. The van der Waals surface area contributed by atoms with E-state index in [-0.39, 0.29) is 30.6 Å². The summed E-state index contributed by atoms with van der Waals surface area (Å²) >= 11 is 0. The second kappa shape index (κ2) is 12.3. The number of nitrogens with zero attached hydrogens (tertiary/aromatic N) is 1. The van der Waals surface area contributed by atoms with E-state index < -0.39 is 29.0 Å². The van der Waals surface area contributed by atoms with Crippen LogP contribution in [0.25, 0.3) is 0 Å². The fourth-order valence-electron chi connectivity index (χ4n) is 3.41. The third-order valence-electron chi connectivity index (χ3n) is 5.02. The highest BCUT2D eigenvalue weighted by molar-refractivity contribution is 7.27. The minimum absolute atomic E-state index is 0.0501. The highest BCUT2D eigenvalue weighted by Crippen LogP contribution is 2.31. The standard InChI is InChI=1S/C23H21F4N2O2P.CH2O2/c1-29-11-9-17(23(25,26)27)16(22(29)31)13-15-5-2-4-14(12-15)8-10-28-21(30)20-18(24)6-3-7-19(20)32;2-1-3/h2-7,9,11-12H,8,10,13,32H2,1H3,(H,28,30);1H,(H,2,3). The van der Waals surface area contributed by atoms with Crippen molar-refractivity contribution in [3.05, 3.63) is 98.7 Å². The van der Waals surface area contributed by atoms with Crippen molar-refractivity contribution < 1.29 is 32.3 Å². The van der Waals surface area contributed by atoms with Gasteiger partial charge in [-0.15, -0.1) is 9.24 Å². The summed E-state index contributed by atoms with van der Waals surface area (Å²) in [6.45, 7) is -0.0400. The molecule has 3 rings (SSSR count). The van der Waals surface area contributed by atoms with Crippen molar-refractivity contribution in [1.29, 1.82) is 0 Å². The maximum absolute atomic E-state index is 13.9. The minimum atomic E-state index is -4.63. The van der Waals surface area contributed by atoms with Crippen molar-refractivity contribution in [2.24, 2.45) is 7.05 Å². The van der Waals surface area contributed by atoms with Crippen LogP contribution < -0.4 is 16.2 Å². The number of carbonyl (C=O) groups is 2. The van der Waals surface area contributed by atoms with Gasteiger partial charge < -0.3 is 15.0 Å². The number of aryl methyl sites for hydroxylation is 1. The summed E-state index contributed by atoms with van der Waals surface area (Å²) in [5.41, 5.74) is -0.703. The van der Waals surface area contributed by atoms with Crippen LogP contribution in [0.2, 0.25) is 0 Å². The monoisotopic (exact) mass is 510 g/mol. The maximum atomic E-state index is 13.9. The lowest BCUT2D eigenvalue weighted by Crippen LogP contribution is -2.29. The number of amides is 1. The Labute approximate surface area is 200 Å². The lowest BCUT2D eigenvalue weighted by Gasteiger charge is -2.14. The van der Waals surface area contributed by atoms with Gasteiger partial charge in [0.2, 0.25) is 0 Å². The molecule has 11 heteroatoms. The number of aromatic nitrogens is 1. The Hall–Kier alpha value is -3.52. The Balaban J connectivity index is 0.00000137. The largest absolute Gasteiger partial charge is 0.483 e. The highest BCUT2D eigenvalue weighted by Gasteiger charge is 2.34. The van der Waals surface area contributed by atoms with Gasteiger partial charge >= 0.3 is 6.18 Å². The number of carbonyl (C=O) groups excluding carboxylic acids is 1. The van der Waals surface area contributed by atoms with Crippen molar-refractivity contribution in [1.82, 2.24) is 9.88 Å². The van der Waals surface area contributed by atoms with Gasteiger partial charge in [0.15, 0.2) is 0 Å². The van der Waals surface area contributed by atoms with Gasteiger partial charge in [0, 0.05) is 31.8 Å². The van der Waals surface area contributed by atoms with E-state index in [1.807, 2.05) is 0 Å². The van der Waals surface area contributed by atoms with Crippen LogP contribution in [0.3, 0.4) is 0 Å². The third kappa shape index (κ3) is 7.48. The Bertz CT molecular complexity index is 1240. The molecule has 0 fully saturated rings. The van der Waals surface area contributed by atoms with E-state index in [1.165, 1.54) is 19.2 Å². The maximum Gasteiger partial charge on any atom is 0.416 e. The van der Waals surface area contributed by atoms with E-state index in [9.17, 15) is 27.2 Å². The fraction of sp³-hybridized carbons (Fsp3) is 0.208. The first-order valence-electron chi connectivity index (χ1n) is 10.2. The molecule has 0 spiro atoms. The van der Waals surface area contributed by atoms with Gasteiger partial charge in [-0.05, 0) is 35.0 Å². The Morgan fingerprint density at radius 2 is 1.77 bits per heavy atom. The molecule has 0 aliphatic rings. The summed E-state index contributed by atoms with van der Waals surface area (Å²) in [5, 5.41) is 9.98. The van der Waals surface area contributed by atoms with E-state index in [0.717, 1.165) is 22.4 Å². The van der Waals surface area contributed by atoms with Gasteiger partial charge in [0.05, 0.1) is 11.1 Å². The number of carboxylic acid groups (broad SMARTS) is 1. The van der Waals surface area contributed by atoms with Crippen molar-refractivity contribution in [3.63, 3.8) is 0 Å². The average Bonchev–Trinajstić information content (AvgIpc) is 2.77. The normalized spacial score (nSPS) is 10.8. The molecule has 3 aromatic rings. The molecule has 1 heterocycles. The summed E-state index contributed by atoms with van der Waals surface area (Å²) in [5.74, 6) is -1.17. The third-order valence-corrected chi connectivity index (χ3v) is 5.50. The molecule has 0 bridgehead atoms. The van der Waals surface area contributed by atoms with Crippen LogP contribution >= 0.6 is 9.24 Å². The zero-order valence-corrected chi connectivity index (χ0v) is 19.8. The molecule has 35 heavy (non-hydrogen) atoms. The van der Waals surface area contributed by atoms with Crippen LogP contribution in [0.15, 0.2) is 59.5 Å². The van der Waals surface area contributed by atoms with Crippen LogP contribution in [0.1, 0.15) is 32.6 Å². The van der Waals surface area contributed by atoms with Crippen LogP contribution in [-0.2, 0) is 30.9 Å². The quantitative estimate of drug-likeness (QED) is 0.303. The number of hydrogen-bond acceptors (Lipinski definition) is 3. The van der Waals surface area contributed by atoms with Gasteiger partial charge in [-0.2, -0.15) is 13.2 Å². The van der Waals surface area contributed by atoms with Crippen molar-refractivity contribution in [2.75, 3.05) is 6.54 Å². The number of alkyl halides is 3. The summed E-state index contributed by atoms with van der Waals surface area (Å²) in [6.07, 6.45) is -3.31. The van der Waals surface area contributed by atoms with Crippen LogP contribution in [-0.4, -0.2) is 28.6 Å². The van der Waals surface area contributed by atoms with Gasteiger partial charge in [-0.1, -0.05) is 36.4 Å². The SMILES string of the molecule is Cn1ccc(C(F)(F)F)c(Cc2cccc(CCNC(=O)c3c(F)cccc3P)c2)c1=O.O=CO. The second-order valence-corrected chi connectivity index (χ2v) is 8.06. The Kier molecular flexibility index (Phi) is 9.71. The molecule has 1 unspecified atom stereocenters. The number of halogens is 4. The molecule has 2 N–H and O–H groups in total. The minimum Gasteiger partial charge on any atom is -0.483 e. The zero-order valence-electron chi connectivity index (χ0n) is 18.6. The van der Waals surface area contributed by atoms with E-state index in [2.05, 4.69) is 14.6 Å². The molecule has 0 aliphatic heterocycles. The molecule has 1 amide bonds. The molecule has 0 saturated heterocycles. The van der Waals surface area contributed by atoms with Crippen LogP contribution in [0.5, 0.6) is 0 Å². The van der Waals surface area contributed by atoms with Gasteiger partial charge in [0.1, 0.15) is 5.82 Å². The van der Waals surface area contributed by atoms with Gasteiger partial charge in [-0.25, -0.2) is 4.39 Å². The molecule has 2 aromatic carbocycles. The van der Waals surface area contributed by atoms with E-state index in [1.54, 1.807) is 30.3 Å². The molecule has 0 radical (unpaired) electrons. The molecular weight excluding hydrogens is 487 g/mol. The number of benzene rings is 2. The molecule has 186 valence electrons. The molecule has 1 aromatic heterocycles. The van der Waals surface area contributed by atoms with Crippen molar-refractivity contribution in [3.8, 4) is 0 Å². The summed E-state index contributed by atoms with van der Waals surface area (Å²) in [7, 11) is 3.72. The van der Waals surface area contributed by atoms with Crippen LogP contribution in [0.4, 0.5) is 17.6 Å². The fourth-order valence-corrected chi connectivity index (χ4v) is 3.79. The number of hydrogen-bond donors (Lipinski definition) is 2. The summed E-state index contributed by atoms with van der Waals surface area (Å²) in [4.78, 5) is 33.0. The lowest BCUT2D eigenvalue weighted by atomic mass is 9.99. The van der Waals surface area contributed by atoms with E-state index in [0.29, 0.717) is 17.3 Å². The molecule has 0 aliphatic carbocycles. The number of nitrogens with one attached hydrogen (secondary N) is 1. The molecular formula is C24H23F4N2O4P. The van der Waals surface area contributed by atoms with Gasteiger partial charge in [-0.3, -0.25) is 14.4 Å². The first-order valence-corrected chi connectivity index (χ1v) is 10.8. The Morgan fingerprint density at radius 1 is 1.14 bits per heavy atom. The zero-order chi connectivity index (χ0) is 26.2. The van der Waals surface area contributed by atoms with Crippen molar-refractivity contribution in [2.45, 2.75) is 19.0 Å². The lowest BCUT2D eigenvalue weighted by molar-refractivity contribution is -0.138. The Morgan fingerprint density at radius 3 is 2.40 bits per heavy atom. The highest BCUT2D eigenvalue weighted by atomic mass is 31.0. The average molecular weight is 510 g/mol. The summed E-state index contributed by atoms with van der Waals surface area (Å²) < 4.78 is 55.1. The number of pyridine rings is 1. The van der Waals surface area contributed by atoms with E-state index >= 15 is 0 Å². The molecule has 0 saturated carbocycles. The van der Waals surface area contributed by atoms with E-state index in [4.69, 9.17) is 9.90 Å². The van der Waals surface area contributed by atoms with Crippen LogP contribution in [0, 0.1) is 5.82 Å². The molecule has 1 atom stereocenters. The molecule has 6 nitrogen and oxygen atoms in total. The first kappa shape index (κ1) is 27.7. The topological polar surface area (TPSA) is 88.4 Å². The van der Waals surface area contributed by atoms with Gasteiger partial charge in [0.25, 0.3) is 17.9 Å².